The van der Waals surface area contributed by atoms with Gasteiger partial charge in [0.2, 0.25) is 0 Å². The van der Waals surface area contributed by atoms with Gasteiger partial charge in [-0.2, -0.15) is 0 Å². The van der Waals surface area contributed by atoms with Crippen LogP contribution in [0.5, 0.6) is 0 Å². The summed E-state index contributed by atoms with van der Waals surface area (Å²) in [4.78, 5) is 26.0. The second-order valence-electron chi connectivity index (χ2n) is 8.47. The van der Waals surface area contributed by atoms with Crippen LogP contribution < -0.4 is 10.6 Å². The molecule has 1 saturated heterocycles. The van der Waals surface area contributed by atoms with Crippen LogP contribution in [0.2, 0.25) is 0 Å². The molecule has 30 heavy (non-hydrogen) atoms. The molecule has 1 aromatic rings. The van der Waals surface area contributed by atoms with Crippen LogP contribution in [0.3, 0.4) is 0 Å². The zero-order chi connectivity index (χ0) is 22.5. The smallest absolute Gasteiger partial charge is 0.252 e. The molecule has 0 unspecified atom stereocenters. The van der Waals surface area contributed by atoms with Crippen molar-refractivity contribution in [3.8, 4) is 0 Å². The summed E-state index contributed by atoms with van der Waals surface area (Å²) in [5.41, 5.74) is 0.670. The van der Waals surface area contributed by atoms with Crippen LogP contribution in [0.4, 0.5) is 0 Å². The van der Waals surface area contributed by atoms with Gasteiger partial charge in [-0.1, -0.05) is 58.0 Å². The maximum Gasteiger partial charge on any atom is 0.252 e. The number of carbonyl (C=O) groups excluding carboxylic acids is 2. The number of aliphatic hydroxyl groups is 2. The van der Waals surface area contributed by atoms with Crippen molar-refractivity contribution in [1.82, 2.24) is 10.6 Å². The lowest BCUT2D eigenvalue weighted by atomic mass is 10.0. The fourth-order valence-corrected chi connectivity index (χ4v) is 3.27. The Bertz CT molecular complexity index is 671. The molecule has 1 aliphatic rings. The summed E-state index contributed by atoms with van der Waals surface area (Å²) in [6.45, 7) is 8.70. The topological polar surface area (TPSA) is 117 Å². The first kappa shape index (κ1) is 24.3. The standard InChI is InChI=1S/C22H34N2O6/c1-13(2)16(11-25)23-20(27)18-19(21(28)24-17(12-26)14(3)4)30-22(5,29-18)15-9-7-6-8-10-15/h6-10,13-14,16-19,25-26H,11-12H2,1-5H3,(H,23,27)(H,24,28)/t16-,17-,18-,19-/m1/s1. The van der Waals surface area contributed by atoms with E-state index in [2.05, 4.69) is 10.6 Å². The first-order valence-corrected chi connectivity index (χ1v) is 10.4. The van der Waals surface area contributed by atoms with Crippen molar-refractivity contribution < 1.29 is 29.3 Å². The Labute approximate surface area is 178 Å². The molecule has 1 aromatic carbocycles. The maximum absolute atomic E-state index is 13.0. The number of amides is 2. The van der Waals surface area contributed by atoms with E-state index < -0.39 is 41.9 Å². The lowest BCUT2D eigenvalue weighted by Crippen LogP contribution is -2.54. The van der Waals surface area contributed by atoms with E-state index in [-0.39, 0.29) is 25.0 Å². The average Bonchev–Trinajstić information content (AvgIpc) is 3.09. The van der Waals surface area contributed by atoms with Gasteiger partial charge in [0.05, 0.1) is 25.3 Å². The SMILES string of the molecule is CC(C)[C@@H](CO)NC(=O)[C@@H]1OC(C)(c2ccccc2)O[C@H]1C(=O)N[C@H](CO)C(C)C. The molecule has 1 fully saturated rings. The van der Waals surface area contributed by atoms with E-state index >= 15 is 0 Å². The minimum atomic E-state index is -1.30. The number of nitrogens with one attached hydrogen (secondary N) is 2. The first-order chi connectivity index (χ1) is 14.1. The summed E-state index contributed by atoms with van der Waals surface area (Å²) in [5, 5.41) is 24.6. The number of benzene rings is 1. The van der Waals surface area contributed by atoms with Gasteiger partial charge >= 0.3 is 0 Å². The highest BCUT2D eigenvalue weighted by molar-refractivity contribution is 5.92. The number of hydrogen-bond acceptors (Lipinski definition) is 6. The predicted octanol–water partition coefficient (Wildman–Crippen LogP) is 0.910. The summed E-state index contributed by atoms with van der Waals surface area (Å²) < 4.78 is 12.0. The van der Waals surface area contributed by atoms with Crippen LogP contribution in [-0.2, 0) is 24.8 Å². The van der Waals surface area contributed by atoms with Gasteiger partial charge in [-0.15, -0.1) is 0 Å². The van der Waals surface area contributed by atoms with Crippen molar-refractivity contribution in [2.24, 2.45) is 11.8 Å². The van der Waals surface area contributed by atoms with Gasteiger partial charge in [0.1, 0.15) is 0 Å². The highest BCUT2D eigenvalue weighted by Crippen LogP contribution is 2.37. The number of aliphatic hydroxyl groups excluding tert-OH is 2. The molecular formula is C22H34N2O6. The van der Waals surface area contributed by atoms with Crippen LogP contribution in [0.15, 0.2) is 30.3 Å². The second kappa shape index (κ2) is 10.3. The number of rotatable bonds is 9. The normalized spacial score (nSPS) is 22.7. The van der Waals surface area contributed by atoms with E-state index in [4.69, 9.17) is 9.47 Å². The van der Waals surface area contributed by atoms with Crippen molar-refractivity contribution in [2.75, 3.05) is 13.2 Å². The molecule has 4 N–H and O–H groups in total. The van der Waals surface area contributed by atoms with Crippen LogP contribution >= 0.6 is 0 Å². The van der Waals surface area contributed by atoms with E-state index in [9.17, 15) is 19.8 Å². The van der Waals surface area contributed by atoms with Gasteiger partial charge in [0.15, 0.2) is 18.0 Å². The molecule has 168 valence electrons. The molecule has 1 aliphatic heterocycles. The van der Waals surface area contributed by atoms with E-state index in [1.807, 2.05) is 45.9 Å². The zero-order valence-corrected chi connectivity index (χ0v) is 18.3. The Morgan fingerprint density at radius 3 is 1.63 bits per heavy atom. The monoisotopic (exact) mass is 422 g/mol. The highest BCUT2D eigenvalue weighted by atomic mass is 16.8. The second-order valence-corrected chi connectivity index (χ2v) is 8.47. The van der Waals surface area contributed by atoms with Crippen molar-refractivity contribution in [3.63, 3.8) is 0 Å². The Kier molecular flexibility index (Phi) is 8.37. The number of ether oxygens (including phenoxy) is 2. The number of carbonyl (C=O) groups is 2. The van der Waals surface area contributed by atoms with Gasteiger partial charge in [-0.25, -0.2) is 0 Å². The van der Waals surface area contributed by atoms with Crippen LogP contribution in [0.25, 0.3) is 0 Å². The first-order valence-electron chi connectivity index (χ1n) is 10.4. The molecule has 0 aliphatic carbocycles. The molecule has 0 radical (unpaired) electrons. The van der Waals surface area contributed by atoms with E-state index in [0.717, 1.165) is 0 Å². The van der Waals surface area contributed by atoms with E-state index in [1.54, 1.807) is 19.1 Å². The van der Waals surface area contributed by atoms with Crippen molar-refractivity contribution >= 4 is 11.8 Å². The molecule has 1 heterocycles. The van der Waals surface area contributed by atoms with Crippen LogP contribution in [-0.4, -0.2) is 59.5 Å². The van der Waals surface area contributed by atoms with Crippen molar-refractivity contribution in [3.05, 3.63) is 35.9 Å². The molecule has 2 rings (SSSR count). The minimum absolute atomic E-state index is 0.00577. The third kappa shape index (κ3) is 5.57. The molecule has 8 heteroatoms. The summed E-state index contributed by atoms with van der Waals surface area (Å²) >= 11 is 0. The fraction of sp³-hybridized carbons (Fsp3) is 0.636. The summed E-state index contributed by atoms with van der Waals surface area (Å²) in [6, 6.07) is 8.12. The average molecular weight is 423 g/mol. The molecule has 4 atom stereocenters. The van der Waals surface area contributed by atoms with Gasteiger partial charge in [0, 0.05) is 5.56 Å². The molecule has 8 nitrogen and oxygen atoms in total. The van der Waals surface area contributed by atoms with Gasteiger partial charge in [-0.05, 0) is 18.8 Å². The van der Waals surface area contributed by atoms with Crippen molar-refractivity contribution in [1.29, 1.82) is 0 Å². The quantitative estimate of drug-likeness (QED) is 0.470. The van der Waals surface area contributed by atoms with Crippen LogP contribution in [0, 0.1) is 11.8 Å². The Morgan fingerprint density at radius 1 is 0.900 bits per heavy atom. The highest BCUT2D eigenvalue weighted by Gasteiger charge is 2.52. The molecule has 0 aromatic heterocycles. The van der Waals surface area contributed by atoms with E-state index in [1.165, 1.54) is 0 Å². The Hall–Kier alpha value is -2.00. The van der Waals surface area contributed by atoms with E-state index in [0.29, 0.717) is 5.56 Å². The lowest BCUT2D eigenvalue weighted by Gasteiger charge is -2.25. The molecule has 0 spiro atoms. The van der Waals surface area contributed by atoms with Gasteiger partial charge in [-0.3, -0.25) is 9.59 Å². The largest absolute Gasteiger partial charge is 0.394 e. The Balaban J connectivity index is 2.29. The molecule has 0 bridgehead atoms. The van der Waals surface area contributed by atoms with Crippen molar-refractivity contribution in [2.45, 2.75) is 64.7 Å². The molecular weight excluding hydrogens is 388 g/mol. The third-order valence-electron chi connectivity index (χ3n) is 5.45. The summed E-state index contributed by atoms with van der Waals surface area (Å²) in [6.07, 6.45) is -2.43. The number of hydrogen-bond donors (Lipinski definition) is 4. The molecule has 0 saturated carbocycles. The van der Waals surface area contributed by atoms with Gasteiger partial charge < -0.3 is 30.3 Å². The third-order valence-corrected chi connectivity index (χ3v) is 5.45. The Morgan fingerprint density at radius 2 is 1.30 bits per heavy atom. The maximum atomic E-state index is 13.0. The predicted molar refractivity (Wildman–Crippen MR) is 111 cm³/mol. The van der Waals surface area contributed by atoms with Gasteiger partial charge in [0.25, 0.3) is 11.8 Å². The fourth-order valence-electron chi connectivity index (χ4n) is 3.27. The minimum Gasteiger partial charge on any atom is -0.394 e. The lowest BCUT2D eigenvalue weighted by molar-refractivity contribution is -0.176. The van der Waals surface area contributed by atoms with Crippen LogP contribution in [0.1, 0.15) is 40.2 Å². The molecule has 2 amide bonds. The summed E-state index contributed by atoms with van der Waals surface area (Å²) in [7, 11) is 0. The zero-order valence-electron chi connectivity index (χ0n) is 18.3. The summed E-state index contributed by atoms with van der Waals surface area (Å²) in [5.74, 6) is -2.38.